The second kappa shape index (κ2) is 6.92. The summed E-state index contributed by atoms with van der Waals surface area (Å²) in [6.07, 6.45) is 5.06. The number of rotatable bonds is 2. The van der Waals surface area contributed by atoms with Gasteiger partial charge >= 0.3 is 0 Å². The lowest BCUT2D eigenvalue weighted by Crippen LogP contribution is -2.59. The maximum atomic E-state index is 12.9. The minimum absolute atomic E-state index is 0.0931. The van der Waals surface area contributed by atoms with E-state index in [9.17, 15) is 14.4 Å². The Kier molecular flexibility index (Phi) is 4.46. The summed E-state index contributed by atoms with van der Waals surface area (Å²) in [7, 11) is 0. The van der Waals surface area contributed by atoms with E-state index in [0.29, 0.717) is 50.4 Å². The Morgan fingerprint density at radius 1 is 1.08 bits per heavy atom. The average Bonchev–Trinajstić information content (AvgIpc) is 2.71. The fourth-order valence-corrected chi connectivity index (χ4v) is 3.71. The molecule has 0 unspecified atom stereocenters. The van der Waals surface area contributed by atoms with Gasteiger partial charge in [0.1, 0.15) is 0 Å². The Balaban J connectivity index is 1.58. The van der Waals surface area contributed by atoms with Crippen molar-refractivity contribution in [1.82, 2.24) is 10.3 Å². The van der Waals surface area contributed by atoms with Gasteiger partial charge in [-0.25, -0.2) is 5.01 Å². The number of ether oxygens (including phenoxy) is 1. The van der Waals surface area contributed by atoms with Gasteiger partial charge in [-0.05, 0) is 31.0 Å². The first-order valence-corrected chi connectivity index (χ1v) is 8.91. The molecule has 1 aromatic rings. The third-order valence-corrected chi connectivity index (χ3v) is 5.18. The van der Waals surface area contributed by atoms with Crippen molar-refractivity contribution in [2.45, 2.75) is 12.8 Å². The molecular formula is C19H21N3O4. The summed E-state index contributed by atoms with van der Waals surface area (Å²) >= 11 is 0. The highest BCUT2D eigenvalue weighted by molar-refractivity contribution is 6.05. The zero-order chi connectivity index (χ0) is 18.1. The van der Waals surface area contributed by atoms with Crippen LogP contribution in [0.25, 0.3) is 0 Å². The normalized spacial score (nSPS) is 25.7. The highest BCUT2D eigenvalue weighted by atomic mass is 16.5. The van der Waals surface area contributed by atoms with Crippen LogP contribution >= 0.6 is 0 Å². The van der Waals surface area contributed by atoms with Crippen LogP contribution in [-0.4, -0.2) is 48.9 Å². The van der Waals surface area contributed by atoms with Crippen molar-refractivity contribution in [3.8, 4) is 0 Å². The third-order valence-electron chi connectivity index (χ3n) is 5.18. The Morgan fingerprint density at radius 3 is 2.58 bits per heavy atom. The summed E-state index contributed by atoms with van der Waals surface area (Å²) in [5.41, 5.74) is 3.70. The summed E-state index contributed by atoms with van der Waals surface area (Å²) < 4.78 is 5.28. The van der Waals surface area contributed by atoms with Crippen LogP contribution in [0.15, 0.2) is 36.4 Å². The fraction of sp³-hybridized carbons (Fsp3) is 0.421. The number of nitrogens with one attached hydrogen (secondary N) is 1. The van der Waals surface area contributed by atoms with Gasteiger partial charge in [0.05, 0.1) is 30.7 Å². The van der Waals surface area contributed by atoms with Crippen molar-refractivity contribution in [2.24, 2.45) is 11.8 Å². The van der Waals surface area contributed by atoms with E-state index in [0.717, 1.165) is 0 Å². The second-order valence-electron chi connectivity index (χ2n) is 6.76. The maximum Gasteiger partial charge on any atom is 0.254 e. The van der Waals surface area contributed by atoms with Crippen LogP contribution in [0.3, 0.4) is 0 Å². The molecule has 0 radical (unpaired) electrons. The molecule has 3 amide bonds. The molecule has 2 aliphatic heterocycles. The number of benzene rings is 1. The van der Waals surface area contributed by atoms with Crippen LogP contribution in [0, 0.1) is 11.8 Å². The molecule has 26 heavy (non-hydrogen) atoms. The lowest BCUT2D eigenvalue weighted by atomic mass is 9.80. The molecule has 2 heterocycles. The number of hydrogen-bond donors (Lipinski definition) is 1. The quantitative estimate of drug-likeness (QED) is 0.807. The SMILES string of the molecule is O=C1NN(c2cccc(C(=O)N3CCOCC3)c2)C(=O)[C@@H]2CC=CC[C@@H]12. The van der Waals surface area contributed by atoms with Gasteiger partial charge in [-0.2, -0.15) is 0 Å². The lowest BCUT2D eigenvalue weighted by molar-refractivity contribution is -0.139. The Labute approximate surface area is 151 Å². The molecule has 1 aromatic carbocycles. The van der Waals surface area contributed by atoms with E-state index in [1.807, 2.05) is 12.2 Å². The van der Waals surface area contributed by atoms with Crippen molar-refractivity contribution in [2.75, 3.05) is 31.3 Å². The minimum atomic E-state index is -0.340. The number of amides is 3. The predicted octanol–water partition coefficient (Wildman–Crippen LogP) is 1.12. The van der Waals surface area contributed by atoms with Crippen LogP contribution in [0.2, 0.25) is 0 Å². The monoisotopic (exact) mass is 355 g/mol. The fourth-order valence-electron chi connectivity index (χ4n) is 3.71. The van der Waals surface area contributed by atoms with E-state index in [2.05, 4.69) is 5.43 Å². The zero-order valence-electron chi connectivity index (χ0n) is 14.4. The summed E-state index contributed by atoms with van der Waals surface area (Å²) in [5.74, 6) is -1.02. The van der Waals surface area contributed by atoms with E-state index in [1.165, 1.54) is 5.01 Å². The van der Waals surface area contributed by atoms with E-state index in [-0.39, 0.29) is 29.6 Å². The molecule has 4 rings (SSSR count). The number of allylic oxidation sites excluding steroid dienone is 2. The summed E-state index contributed by atoms with van der Waals surface area (Å²) in [6, 6.07) is 6.85. The summed E-state index contributed by atoms with van der Waals surface area (Å²) in [5, 5.41) is 1.29. The number of fused-ring (bicyclic) bond motifs is 1. The molecule has 1 aliphatic carbocycles. The van der Waals surface area contributed by atoms with Crippen molar-refractivity contribution < 1.29 is 19.1 Å². The second-order valence-corrected chi connectivity index (χ2v) is 6.76. The van der Waals surface area contributed by atoms with Gasteiger partial charge in [0.25, 0.3) is 5.91 Å². The number of carbonyl (C=O) groups excluding carboxylic acids is 3. The van der Waals surface area contributed by atoms with Crippen molar-refractivity contribution in [3.63, 3.8) is 0 Å². The van der Waals surface area contributed by atoms with Crippen LogP contribution in [0.1, 0.15) is 23.2 Å². The van der Waals surface area contributed by atoms with Crippen LogP contribution in [-0.2, 0) is 14.3 Å². The van der Waals surface area contributed by atoms with Crippen molar-refractivity contribution in [3.05, 3.63) is 42.0 Å². The average molecular weight is 355 g/mol. The molecule has 2 saturated heterocycles. The first kappa shape index (κ1) is 16.8. The number of anilines is 1. The zero-order valence-corrected chi connectivity index (χ0v) is 14.4. The van der Waals surface area contributed by atoms with Crippen LogP contribution < -0.4 is 10.4 Å². The first-order chi connectivity index (χ1) is 12.6. The Morgan fingerprint density at radius 2 is 1.81 bits per heavy atom. The van der Waals surface area contributed by atoms with E-state index in [1.54, 1.807) is 29.2 Å². The molecule has 0 saturated carbocycles. The van der Waals surface area contributed by atoms with Gasteiger partial charge in [0.15, 0.2) is 0 Å². The molecule has 2 fully saturated rings. The Hall–Kier alpha value is -2.67. The number of morpholine rings is 1. The van der Waals surface area contributed by atoms with Gasteiger partial charge in [0.2, 0.25) is 11.8 Å². The molecule has 3 aliphatic rings. The molecule has 0 bridgehead atoms. The lowest BCUT2D eigenvalue weighted by Gasteiger charge is -2.38. The number of hydrazine groups is 1. The van der Waals surface area contributed by atoms with Crippen molar-refractivity contribution >= 4 is 23.4 Å². The predicted molar refractivity (Wildman–Crippen MR) is 94.1 cm³/mol. The van der Waals surface area contributed by atoms with Gasteiger partial charge < -0.3 is 9.64 Å². The molecule has 1 N–H and O–H groups in total. The van der Waals surface area contributed by atoms with Gasteiger partial charge in [-0.15, -0.1) is 0 Å². The smallest absolute Gasteiger partial charge is 0.254 e. The standard InChI is InChI=1S/C19H21N3O4/c23-17-15-6-1-2-7-16(15)19(25)22(20-17)14-5-3-4-13(12-14)18(24)21-8-10-26-11-9-21/h1-5,12,15-16H,6-11H2,(H,20,23)/t15-,16-/m1/s1. The minimum Gasteiger partial charge on any atom is -0.378 e. The van der Waals surface area contributed by atoms with Gasteiger partial charge in [-0.3, -0.25) is 19.8 Å². The van der Waals surface area contributed by atoms with Crippen LogP contribution in [0.5, 0.6) is 0 Å². The number of hydrogen-bond acceptors (Lipinski definition) is 4. The molecule has 136 valence electrons. The highest BCUT2D eigenvalue weighted by Crippen LogP contribution is 2.32. The largest absolute Gasteiger partial charge is 0.378 e. The molecule has 0 aromatic heterocycles. The summed E-state index contributed by atoms with van der Waals surface area (Å²) in [4.78, 5) is 39.7. The van der Waals surface area contributed by atoms with E-state index >= 15 is 0 Å². The molecular weight excluding hydrogens is 334 g/mol. The molecule has 2 atom stereocenters. The van der Waals surface area contributed by atoms with Gasteiger partial charge in [0, 0.05) is 18.7 Å². The molecule has 7 nitrogen and oxygen atoms in total. The van der Waals surface area contributed by atoms with Gasteiger partial charge in [-0.1, -0.05) is 18.2 Å². The maximum absolute atomic E-state index is 12.9. The molecule has 0 spiro atoms. The topological polar surface area (TPSA) is 79.0 Å². The number of nitrogens with zero attached hydrogens (tertiary/aromatic N) is 2. The van der Waals surface area contributed by atoms with Crippen molar-refractivity contribution in [1.29, 1.82) is 0 Å². The third kappa shape index (κ3) is 2.99. The molecule has 7 heteroatoms. The first-order valence-electron chi connectivity index (χ1n) is 8.91. The highest BCUT2D eigenvalue weighted by Gasteiger charge is 2.42. The van der Waals surface area contributed by atoms with E-state index in [4.69, 9.17) is 4.74 Å². The van der Waals surface area contributed by atoms with Crippen LogP contribution in [0.4, 0.5) is 5.69 Å². The number of carbonyl (C=O) groups is 3. The van der Waals surface area contributed by atoms with E-state index < -0.39 is 0 Å². The Bertz CT molecular complexity index is 770. The summed E-state index contributed by atoms with van der Waals surface area (Å²) in [6.45, 7) is 2.17.